The summed E-state index contributed by atoms with van der Waals surface area (Å²) in [7, 11) is 0. The SMILES string of the molecule is O=C(CC1Sc2ccccc2NC1=O)Nc1ccc(F)c([N+](=O)[O-])c1. The van der Waals surface area contributed by atoms with Crippen molar-refractivity contribution in [1.29, 1.82) is 0 Å². The van der Waals surface area contributed by atoms with Crippen molar-refractivity contribution in [3.05, 3.63) is 58.4 Å². The zero-order chi connectivity index (χ0) is 18.0. The minimum atomic E-state index is -0.984. The molecule has 128 valence electrons. The average molecular weight is 361 g/mol. The molecule has 0 aromatic heterocycles. The lowest BCUT2D eigenvalue weighted by molar-refractivity contribution is -0.387. The molecule has 0 fully saturated rings. The van der Waals surface area contributed by atoms with Gasteiger partial charge >= 0.3 is 5.69 Å². The molecule has 1 heterocycles. The van der Waals surface area contributed by atoms with Gasteiger partial charge in [-0.25, -0.2) is 0 Å². The standard InChI is InChI=1S/C16H12FN3O4S/c17-10-6-5-9(7-12(10)20(23)24)18-15(21)8-14-16(22)19-11-3-1-2-4-13(11)25-14/h1-7,14H,8H2,(H,18,21)(H,19,22). The Bertz CT molecular complexity index is 874. The molecule has 7 nitrogen and oxygen atoms in total. The zero-order valence-electron chi connectivity index (χ0n) is 12.7. The highest BCUT2D eigenvalue weighted by Gasteiger charge is 2.29. The van der Waals surface area contributed by atoms with Crippen LogP contribution in [0, 0.1) is 15.9 Å². The molecule has 0 radical (unpaired) electrons. The summed E-state index contributed by atoms with van der Waals surface area (Å²) < 4.78 is 13.3. The molecule has 2 aromatic rings. The number of carbonyl (C=O) groups excluding carboxylic acids is 2. The van der Waals surface area contributed by atoms with Crippen molar-refractivity contribution >= 4 is 40.6 Å². The number of anilines is 2. The number of hydrogen-bond donors (Lipinski definition) is 2. The number of nitro groups is 1. The van der Waals surface area contributed by atoms with E-state index in [1.807, 2.05) is 12.1 Å². The molecule has 2 N–H and O–H groups in total. The fraction of sp³-hybridized carbons (Fsp3) is 0.125. The molecule has 1 aliphatic heterocycles. The normalized spacial score (nSPS) is 15.9. The van der Waals surface area contributed by atoms with Crippen molar-refractivity contribution in [3.63, 3.8) is 0 Å². The summed E-state index contributed by atoms with van der Waals surface area (Å²) in [4.78, 5) is 34.9. The summed E-state index contributed by atoms with van der Waals surface area (Å²) in [6, 6.07) is 10.3. The largest absolute Gasteiger partial charge is 0.326 e. The van der Waals surface area contributed by atoms with Crippen LogP contribution in [0.25, 0.3) is 0 Å². The van der Waals surface area contributed by atoms with Crippen LogP contribution in [0.4, 0.5) is 21.5 Å². The maximum Gasteiger partial charge on any atom is 0.306 e. The van der Waals surface area contributed by atoms with Gasteiger partial charge in [0.25, 0.3) is 0 Å². The molecule has 2 amide bonds. The Balaban J connectivity index is 1.68. The van der Waals surface area contributed by atoms with Crippen LogP contribution in [0.3, 0.4) is 0 Å². The maximum atomic E-state index is 13.3. The Kier molecular flexibility index (Phi) is 4.66. The number of nitrogens with one attached hydrogen (secondary N) is 2. The third kappa shape index (κ3) is 3.77. The fourth-order valence-corrected chi connectivity index (χ4v) is 3.45. The molecule has 9 heteroatoms. The second kappa shape index (κ2) is 6.89. The van der Waals surface area contributed by atoms with Gasteiger partial charge in [0.15, 0.2) is 0 Å². The Morgan fingerprint density at radius 2 is 2.08 bits per heavy atom. The van der Waals surface area contributed by atoms with Crippen LogP contribution in [0.15, 0.2) is 47.4 Å². The number of amides is 2. The smallest absolute Gasteiger partial charge is 0.306 e. The number of hydrogen-bond acceptors (Lipinski definition) is 5. The van der Waals surface area contributed by atoms with Crippen molar-refractivity contribution in [3.8, 4) is 0 Å². The van der Waals surface area contributed by atoms with Gasteiger partial charge in [-0.1, -0.05) is 12.1 Å². The van der Waals surface area contributed by atoms with Gasteiger partial charge in [0.2, 0.25) is 17.6 Å². The number of benzene rings is 2. The summed E-state index contributed by atoms with van der Waals surface area (Å²) in [6.45, 7) is 0. The average Bonchev–Trinajstić information content (AvgIpc) is 2.57. The van der Waals surface area contributed by atoms with E-state index < -0.39 is 27.6 Å². The van der Waals surface area contributed by atoms with E-state index in [0.717, 1.165) is 17.0 Å². The summed E-state index contributed by atoms with van der Waals surface area (Å²) in [6.07, 6.45) is -0.115. The van der Waals surface area contributed by atoms with E-state index in [4.69, 9.17) is 0 Å². The Hall–Kier alpha value is -2.94. The van der Waals surface area contributed by atoms with E-state index in [1.54, 1.807) is 12.1 Å². The van der Waals surface area contributed by atoms with Crippen molar-refractivity contribution in [2.24, 2.45) is 0 Å². The lowest BCUT2D eigenvalue weighted by Crippen LogP contribution is -2.32. The first kappa shape index (κ1) is 16.9. The highest BCUT2D eigenvalue weighted by Crippen LogP contribution is 2.36. The minimum Gasteiger partial charge on any atom is -0.326 e. The lowest BCUT2D eigenvalue weighted by atomic mass is 10.2. The van der Waals surface area contributed by atoms with Gasteiger partial charge in [-0.2, -0.15) is 4.39 Å². The maximum absolute atomic E-state index is 13.3. The molecular weight excluding hydrogens is 349 g/mol. The fourth-order valence-electron chi connectivity index (χ4n) is 2.34. The summed E-state index contributed by atoms with van der Waals surface area (Å²) >= 11 is 1.27. The van der Waals surface area contributed by atoms with Crippen LogP contribution < -0.4 is 10.6 Å². The van der Waals surface area contributed by atoms with E-state index >= 15 is 0 Å². The molecule has 25 heavy (non-hydrogen) atoms. The Morgan fingerprint density at radius 3 is 2.84 bits per heavy atom. The first-order chi connectivity index (χ1) is 11.9. The molecule has 3 rings (SSSR count). The van der Waals surface area contributed by atoms with E-state index in [9.17, 15) is 24.1 Å². The summed E-state index contributed by atoms with van der Waals surface area (Å²) in [5.41, 5.74) is 0.0690. The van der Waals surface area contributed by atoms with E-state index in [0.29, 0.717) is 5.69 Å². The van der Waals surface area contributed by atoms with E-state index in [1.165, 1.54) is 17.8 Å². The Labute approximate surface area is 145 Å². The molecule has 0 saturated carbocycles. The van der Waals surface area contributed by atoms with Crippen LogP contribution in [0.2, 0.25) is 0 Å². The molecule has 2 aromatic carbocycles. The van der Waals surface area contributed by atoms with Gasteiger partial charge in [-0.05, 0) is 24.3 Å². The highest BCUT2D eigenvalue weighted by atomic mass is 32.2. The number of nitro benzene ring substituents is 1. The highest BCUT2D eigenvalue weighted by molar-refractivity contribution is 8.01. The van der Waals surface area contributed by atoms with E-state index in [-0.39, 0.29) is 18.0 Å². The van der Waals surface area contributed by atoms with Gasteiger partial charge < -0.3 is 10.6 Å². The number of halogens is 1. The summed E-state index contributed by atoms with van der Waals surface area (Å²) in [5.74, 6) is -1.77. The molecule has 1 atom stereocenters. The topological polar surface area (TPSA) is 101 Å². The summed E-state index contributed by atoms with van der Waals surface area (Å²) in [5, 5.41) is 15.3. The minimum absolute atomic E-state index is 0.0970. The van der Waals surface area contributed by atoms with Crippen LogP contribution in [0.5, 0.6) is 0 Å². The number of carbonyl (C=O) groups is 2. The van der Waals surface area contributed by atoms with Crippen molar-refractivity contribution in [2.45, 2.75) is 16.6 Å². The molecule has 0 bridgehead atoms. The molecular formula is C16H12FN3O4S. The zero-order valence-corrected chi connectivity index (χ0v) is 13.5. The number of rotatable bonds is 4. The first-order valence-electron chi connectivity index (χ1n) is 7.24. The number of nitrogens with zero attached hydrogens (tertiary/aromatic N) is 1. The van der Waals surface area contributed by atoms with Crippen LogP contribution in [0.1, 0.15) is 6.42 Å². The molecule has 1 unspecified atom stereocenters. The second-order valence-corrected chi connectivity index (χ2v) is 6.51. The predicted octanol–water partition coefficient (Wildman–Crippen LogP) is 3.18. The molecule has 0 aliphatic carbocycles. The third-order valence-electron chi connectivity index (χ3n) is 3.50. The van der Waals surface area contributed by atoms with Crippen molar-refractivity contribution in [1.82, 2.24) is 0 Å². The third-order valence-corrected chi connectivity index (χ3v) is 4.78. The van der Waals surface area contributed by atoms with Crippen molar-refractivity contribution < 1.29 is 18.9 Å². The van der Waals surface area contributed by atoms with Crippen LogP contribution in [-0.2, 0) is 9.59 Å². The van der Waals surface area contributed by atoms with Crippen molar-refractivity contribution in [2.75, 3.05) is 10.6 Å². The lowest BCUT2D eigenvalue weighted by Gasteiger charge is -2.23. The predicted molar refractivity (Wildman–Crippen MR) is 91.0 cm³/mol. The molecule has 0 spiro atoms. The van der Waals surface area contributed by atoms with Gasteiger partial charge in [0.05, 0.1) is 15.9 Å². The number of fused-ring (bicyclic) bond motifs is 1. The monoisotopic (exact) mass is 361 g/mol. The van der Waals surface area contributed by atoms with Gasteiger partial charge in [0, 0.05) is 23.1 Å². The van der Waals surface area contributed by atoms with Crippen LogP contribution >= 0.6 is 11.8 Å². The molecule has 1 aliphatic rings. The van der Waals surface area contributed by atoms with Gasteiger partial charge in [-0.15, -0.1) is 11.8 Å². The number of thioether (sulfide) groups is 1. The molecule has 0 saturated heterocycles. The Morgan fingerprint density at radius 1 is 1.32 bits per heavy atom. The quantitative estimate of drug-likeness (QED) is 0.643. The van der Waals surface area contributed by atoms with Gasteiger partial charge in [0.1, 0.15) is 0 Å². The first-order valence-corrected chi connectivity index (χ1v) is 8.12. The van der Waals surface area contributed by atoms with Crippen LogP contribution in [-0.4, -0.2) is 22.0 Å². The number of para-hydroxylation sites is 1. The van der Waals surface area contributed by atoms with E-state index in [2.05, 4.69) is 10.6 Å². The van der Waals surface area contributed by atoms with Gasteiger partial charge in [-0.3, -0.25) is 19.7 Å². The second-order valence-electron chi connectivity index (χ2n) is 5.27.